The van der Waals surface area contributed by atoms with Crippen molar-refractivity contribution in [1.29, 1.82) is 0 Å². The Balaban J connectivity index is 1.86. The summed E-state index contributed by atoms with van der Waals surface area (Å²) in [5, 5.41) is 3.24. The van der Waals surface area contributed by atoms with Crippen molar-refractivity contribution in [3.05, 3.63) is 39.9 Å². The van der Waals surface area contributed by atoms with E-state index in [2.05, 4.69) is 33.9 Å². The van der Waals surface area contributed by atoms with Gasteiger partial charge in [-0.2, -0.15) is 0 Å². The highest BCUT2D eigenvalue weighted by molar-refractivity contribution is 7.09. The van der Waals surface area contributed by atoms with E-state index < -0.39 is 0 Å². The maximum atomic E-state index is 4.79. The van der Waals surface area contributed by atoms with Crippen molar-refractivity contribution >= 4 is 11.3 Å². The number of hydrogen-bond acceptors (Lipinski definition) is 6. The molecule has 0 aromatic carbocycles. The zero-order valence-corrected chi connectivity index (χ0v) is 14.3. The molecule has 1 aliphatic heterocycles. The molecule has 0 radical (unpaired) electrons. The fraction of sp³-hybridized carbons (Fsp3) is 0.562. The lowest BCUT2D eigenvalue weighted by molar-refractivity contribution is 0.241. The molecule has 2 aromatic heterocycles. The molecule has 1 fully saturated rings. The van der Waals surface area contributed by atoms with Crippen LogP contribution in [0.3, 0.4) is 0 Å². The van der Waals surface area contributed by atoms with Gasteiger partial charge in [-0.15, -0.1) is 11.3 Å². The van der Waals surface area contributed by atoms with Crippen LogP contribution in [0.2, 0.25) is 0 Å². The van der Waals surface area contributed by atoms with Crippen LogP contribution in [0.15, 0.2) is 17.8 Å². The normalized spacial score (nSPS) is 19.2. The van der Waals surface area contributed by atoms with Crippen molar-refractivity contribution in [2.75, 3.05) is 20.6 Å². The molecule has 0 amide bonds. The predicted octanol–water partition coefficient (Wildman–Crippen LogP) is 2.64. The average Bonchev–Trinajstić information content (AvgIpc) is 3.12. The first-order chi connectivity index (χ1) is 10.6. The Labute approximate surface area is 136 Å². The monoisotopic (exact) mass is 317 g/mol. The van der Waals surface area contributed by atoms with Gasteiger partial charge in [-0.05, 0) is 40.4 Å². The fourth-order valence-corrected chi connectivity index (χ4v) is 3.73. The van der Waals surface area contributed by atoms with Crippen molar-refractivity contribution in [2.24, 2.45) is 0 Å². The van der Waals surface area contributed by atoms with Gasteiger partial charge in [-0.3, -0.25) is 4.90 Å². The standard InChI is InChI=1S/C16H23N5S/c1-12-18-9-13(10-20(2)3)16(19-12)14-5-4-7-21(14)11-15-17-6-8-22-15/h6,8-9,14H,4-5,7,10-11H2,1-3H3/t14-/m0/s1. The molecule has 0 N–H and O–H groups in total. The van der Waals surface area contributed by atoms with Gasteiger partial charge in [0.25, 0.3) is 0 Å². The van der Waals surface area contributed by atoms with E-state index in [1.54, 1.807) is 11.3 Å². The van der Waals surface area contributed by atoms with E-state index in [1.807, 2.05) is 24.7 Å². The second kappa shape index (κ2) is 6.81. The fourth-order valence-electron chi connectivity index (χ4n) is 3.09. The van der Waals surface area contributed by atoms with Crippen LogP contribution in [0.4, 0.5) is 0 Å². The summed E-state index contributed by atoms with van der Waals surface area (Å²) < 4.78 is 0. The topological polar surface area (TPSA) is 45.2 Å². The average molecular weight is 317 g/mol. The number of likely N-dealkylation sites (tertiary alicyclic amines) is 1. The Morgan fingerprint density at radius 1 is 1.36 bits per heavy atom. The van der Waals surface area contributed by atoms with E-state index in [0.717, 1.165) is 25.5 Å². The van der Waals surface area contributed by atoms with Crippen LogP contribution in [0.5, 0.6) is 0 Å². The van der Waals surface area contributed by atoms with Crippen LogP contribution >= 0.6 is 11.3 Å². The Bertz CT molecular complexity index is 611. The van der Waals surface area contributed by atoms with Gasteiger partial charge in [0.2, 0.25) is 0 Å². The first-order valence-electron chi connectivity index (χ1n) is 7.73. The summed E-state index contributed by atoms with van der Waals surface area (Å²) in [6, 6.07) is 0.389. The summed E-state index contributed by atoms with van der Waals surface area (Å²) in [7, 11) is 4.18. The zero-order valence-electron chi connectivity index (χ0n) is 13.5. The highest BCUT2D eigenvalue weighted by Crippen LogP contribution is 2.34. The maximum absolute atomic E-state index is 4.79. The smallest absolute Gasteiger partial charge is 0.125 e. The SMILES string of the molecule is Cc1ncc(CN(C)C)c([C@@H]2CCCN2Cc2nccs2)n1. The minimum absolute atomic E-state index is 0.389. The minimum Gasteiger partial charge on any atom is -0.305 e. The van der Waals surface area contributed by atoms with E-state index >= 15 is 0 Å². The van der Waals surface area contributed by atoms with Gasteiger partial charge in [0.1, 0.15) is 10.8 Å². The molecule has 3 heterocycles. The molecule has 1 aliphatic rings. The van der Waals surface area contributed by atoms with E-state index in [1.165, 1.54) is 29.1 Å². The van der Waals surface area contributed by atoms with E-state index in [9.17, 15) is 0 Å². The van der Waals surface area contributed by atoms with Gasteiger partial charge in [-0.25, -0.2) is 15.0 Å². The van der Waals surface area contributed by atoms with Crippen LogP contribution in [0.1, 0.15) is 41.0 Å². The van der Waals surface area contributed by atoms with Crippen LogP contribution in [-0.2, 0) is 13.1 Å². The largest absolute Gasteiger partial charge is 0.305 e. The van der Waals surface area contributed by atoms with Gasteiger partial charge >= 0.3 is 0 Å². The number of aryl methyl sites for hydroxylation is 1. The molecule has 1 atom stereocenters. The summed E-state index contributed by atoms with van der Waals surface area (Å²) in [4.78, 5) is 18.3. The third kappa shape index (κ3) is 3.51. The highest BCUT2D eigenvalue weighted by Gasteiger charge is 2.29. The molecule has 0 saturated carbocycles. The molecular formula is C16H23N5S. The number of thiazole rings is 1. The van der Waals surface area contributed by atoms with Crippen molar-refractivity contribution in [1.82, 2.24) is 24.8 Å². The van der Waals surface area contributed by atoms with Crippen LogP contribution in [-0.4, -0.2) is 45.4 Å². The molecule has 22 heavy (non-hydrogen) atoms. The molecular weight excluding hydrogens is 294 g/mol. The summed E-state index contributed by atoms with van der Waals surface area (Å²) in [6.07, 6.45) is 6.28. The number of rotatable bonds is 5. The van der Waals surface area contributed by atoms with Crippen molar-refractivity contribution < 1.29 is 0 Å². The third-order valence-electron chi connectivity index (χ3n) is 4.01. The number of aromatic nitrogens is 3. The Hall–Kier alpha value is -1.37. The Morgan fingerprint density at radius 2 is 2.23 bits per heavy atom. The zero-order chi connectivity index (χ0) is 15.5. The first kappa shape index (κ1) is 15.5. The second-order valence-corrected chi connectivity index (χ2v) is 7.10. The third-order valence-corrected chi connectivity index (χ3v) is 4.77. The van der Waals surface area contributed by atoms with E-state index in [0.29, 0.717) is 6.04 Å². The van der Waals surface area contributed by atoms with Gasteiger partial charge in [0.05, 0.1) is 18.3 Å². The van der Waals surface area contributed by atoms with Gasteiger partial charge < -0.3 is 4.90 Å². The van der Waals surface area contributed by atoms with Crippen LogP contribution in [0, 0.1) is 6.92 Å². The molecule has 118 valence electrons. The van der Waals surface area contributed by atoms with Crippen molar-refractivity contribution in [2.45, 2.75) is 38.9 Å². The lowest BCUT2D eigenvalue weighted by Gasteiger charge is -2.25. The van der Waals surface area contributed by atoms with Gasteiger partial charge in [-0.1, -0.05) is 0 Å². The number of nitrogens with zero attached hydrogens (tertiary/aromatic N) is 5. The van der Waals surface area contributed by atoms with Crippen molar-refractivity contribution in [3.63, 3.8) is 0 Å². The quantitative estimate of drug-likeness (QED) is 0.848. The molecule has 3 rings (SSSR count). The second-order valence-electron chi connectivity index (χ2n) is 6.12. The van der Waals surface area contributed by atoms with Gasteiger partial charge in [0.15, 0.2) is 0 Å². The number of hydrogen-bond donors (Lipinski definition) is 0. The lowest BCUT2D eigenvalue weighted by Crippen LogP contribution is -2.26. The van der Waals surface area contributed by atoms with Crippen molar-refractivity contribution in [3.8, 4) is 0 Å². The molecule has 1 saturated heterocycles. The van der Waals surface area contributed by atoms with Gasteiger partial charge in [0, 0.05) is 29.9 Å². The molecule has 0 aliphatic carbocycles. The van der Waals surface area contributed by atoms with E-state index in [4.69, 9.17) is 4.98 Å². The first-order valence-corrected chi connectivity index (χ1v) is 8.61. The molecule has 5 nitrogen and oxygen atoms in total. The molecule has 6 heteroatoms. The Morgan fingerprint density at radius 3 is 2.95 bits per heavy atom. The molecule has 0 unspecified atom stereocenters. The molecule has 0 bridgehead atoms. The molecule has 2 aromatic rings. The minimum atomic E-state index is 0.389. The lowest BCUT2D eigenvalue weighted by atomic mass is 10.1. The maximum Gasteiger partial charge on any atom is 0.125 e. The predicted molar refractivity (Wildman–Crippen MR) is 88.7 cm³/mol. The summed E-state index contributed by atoms with van der Waals surface area (Å²) in [5.41, 5.74) is 2.45. The highest BCUT2D eigenvalue weighted by atomic mass is 32.1. The summed E-state index contributed by atoms with van der Waals surface area (Å²) in [6.45, 7) is 4.90. The summed E-state index contributed by atoms with van der Waals surface area (Å²) >= 11 is 1.73. The summed E-state index contributed by atoms with van der Waals surface area (Å²) in [5.74, 6) is 0.860. The van der Waals surface area contributed by atoms with Crippen LogP contribution in [0.25, 0.3) is 0 Å². The van der Waals surface area contributed by atoms with Crippen LogP contribution < -0.4 is 0 Å². The van der Waals surface area contributed by atoms with E-state index in [-0.39, 0.29) is 0 Å². The Kier molecular flexibility index (Phi) is 4.81. The molecule has 0 spiro atoms.